The molecule has 0 aromatic heterocycles. The number of hydrogen-bond donors (Lipinski definition) is 1. The molecule has 0 atom stereocenters. The minimum atomic E-state index is -0.374. The molecule has 1 aromatic carbocycles. The van der Waals surface area contributed by atoms with Crippen LogP contribution in [0.4, 0.5) is 0 Å². The molecule has 0 unspecified atom stereocenters. The Kier molecular flexibility index (Phi) is 3.40. The summed E-state index contributed by atoms with van der Waals surface area (Å²) in [6.45, 7) is 3.91. The highest BCUT2D eigenvalue weighted by atomic mass is 35.5. The summed E-state index contributed by atoms with van der Waals surface area (Å²) in [5, 5.41) is 4.58. The van der Waals surface area contributed by atoms with Gasteiger partial charge in [-0.25, -0.2) is 0 Å². The molecular weight excluding hydrogens is 219 g/mol. The average Bonchev–Trinajstić information content (AvgIpc) is 2.17. The van der Waals surface area contributed by atoms with Gasteiger partial charge in [0.25, 0.3) is 0 Å². The Labute approximate surface area is 93.7 Å². The maximum atomic E-state index is 5.92. The second-order valence-electron chi connectivity index (χ2n) is 3.55. The first-order chi connectivity index (χ1) is 6.48. The van der Waals surface area contributed by atoms with Crippen molar-refractivity contribution in [2.24, 2.45) is 10.9 Å². The Hall–Kier alpha value is -0.730. The van der Waals surface area contributed by atoms with Crippen molar-refractivity contribution in [1.82, 2.24) is 0 Å². The van der Waals surface area contributed by atoms with E-state index in [1.165, 1.54) is 0 Å². The molecule has 0 spiro atoms. The monoisotopic (exact) mass is 230 g/mol. The topological polar surface area (TPSA) is 38.4 Å². The molecule has 14 heavy (non-hydrogen) atoms. The highest BCUT2D eigenvalue weighted by Crippen LogP contribution is 2.27. The van der Waals surface area contributed by atoms with E-state index in [1.54, 1.807) is 0 Å². The van der Waals surface area contributed by atoms with E-state index in [2.05, 4.69) is 5.10 Å². The van der Waals surface area contributed by atoms with Gasteiger partial charge in [-0.2, -0.15) is 5.10 Å². The normalized spacial score (nSPS) is 13.0. The molecule has 76 valence electrons. The Morgan fingerprint density at radius 2 is 1.79 bits per heavy atom. The fourth-order valence-electron chi connectivity index (χ4n) is 1.15. The molecule has 4 heteroatoms. The number of nitrogens with zero attached hydrogens (tertiary/aromatic N) is 1. The molecule has 0 bridgehead atoms. The molecule has 0 radical (unpaired) electrons. The third kappa shape index (κ3) is 2.20. The summed E-state index contributed by atoms with van der Waals surface area (Å²) < 4.78 is 0. The number of halogens is 2. The van der Waals surface area contributed by atoms with E-state index in [0.717, 1.165) is 5.56 Å². The van der Waals surface area contributed by atoms with Crippen LogP contribution in [0, 0.1) is 0 Å². The summed E-state index contributed by atoms with van der Waals surface area (Å²) in [6, 6.07) is 7.46. The molecule has 2 N–H and O–H groups in total. The van der Waals surface area contributed by atoms with Gasteiger partial charge in [0, 0.05) is 10.4 Å². The van der Waals surface area contributed by atoms with E-state index in [-0.39, 0.29) is 5.41 Å². The largest absolute Gasteiger partial charge is 0.322 e. The van der Waals surface area contributed by atoms with Crippen LogP contribution in [0.3, 0.4) is 0 Å². The molecule has 0 saturated carbocycles. The second kappa shape index (κ2) is 4.20. The molecule has 0 amide bonds. The van der Waals surface area contributed by atoms with Crippen molar-refractivity contribution in [3.05, 3.63) is 34.9 Å². The first-order valence-electron chi connectivity index (χ1n) is 4.18. The van der Waals surface area contributed by atoms with Crippen LogP contribution in [0.5, 0.6) is 0 Å². The molecule has 0 aliphatic carbocycles. The van der Waals surface area contributed by atoms with Crippen molar-refractivity contribution >= 4 is 28.4 Å². The minimum Gasteiger partial charge on any atom is -0.322 e. The molecule has 0 heterocycles. The van der Waals surface area contributed by atoms with Gasteiger partial charge in [0.05, 0.1) is 0 Å². The SMILES string of the molecule is CC(C)(/C(Cl)=N/N)c1ccc(Cl)cc1. The van der Waals surface area contributed by atoms with E-state index in [4.69, 9.17) is 29.0 Å². The van der Waals surface area contributed by atoms with E-state index in [1.807, 2.05) is 38.1 Å². The van der Waals surface area contributed by atoms with Gasteiger partial charge in [-0.1, -0.05) is 35.3 Å². The molecule has 2 nitrogen and oxygen atoms in total. The number of nitrogens with two attached hydrogens (primary N) is 1. The molecule has 0 aliphatic heterocycles. The highest BCUT2D eigenvalue weighted by Gasteiger charge is 2.25. The number of benzene rings is 1. The van der Waals surface area contributed by atoms with Gasteiger partial charge in [0.1, 0.15) is 5.17 Å². The molecule has 0 fully saturated rings. The Balaban J connectivity index is 3.10. The predicted octanol–water partition coefficient (Wildman–Crippen LogP) is 3.13. The number of rotatable bonds is 2. The third-order valence-corrected chi connectivity index (χ3v) is 3.02. The van der Waals surface area contributed by atoms with Crippen LogP contribution in [0.2, 0.25) is 5.02 Å². The van der Waals surface area contributed by atoms with Crippen LogP contribution in [-0.4, -0.2) is 5.17 Å². The highest BCUT2D eigenvalue weighted by molar-refractivity contribution is 6.67. The lowest BCUT2D eigenvalue weighted by Gasteiger charge is -2.22. The van der Waals surface area contributed by atoms with E-state index in [9.17, 15) is 0 Å². The maximum absolute atomic E-state index is 5.92. The van der Waals surface area contributed by atoms with Crippen molar-refractivity contribution in [2.75, 3.05) is 0 Å². The quantitative estimate of drug-likeness (QED) is 0.474. The van der Waals surface area contributed by atoms with Gasteiger partial charge in [0.15, 0.2) is 0 Å². The number of hydrogen-bond acceptors (Lipinski definition) is 2. The van der Waals surface area contributed by atoms with E-state index >= 15 is 0 Å². The third-order valence-electron chi connectivity index (χ3n) is 2.19. The standard InChI is InChI=1S/C10H12Cl2N2/c1-10(2,9(12)14-13)7-3-5-8(11)6-4-7/h3-6H,13H2,1-2H3/b14-9-. The van der Waals surface area contributed by atoms with Gasteiger partial charge >= 0.3 is 0 Å². The van der Waals surface area contributed by atoms with Crippen LogP contribution in [-0.2, 0) is 5.41 Å². The predicted molar refractivity (Wildman–Crippen MR) is 62.0 cm³/mol. The Morgan fingerprint density at radius 1 is 1.29 bits per heavy atom. The number of hydrazone groups is 1. The van der Waals surface area contributed by atoms with Crippen LogP contribution >= 0.6 is 23.2 Å². The smallest absolute Gasteiger partial charge is 0.135 e. The summed E-state index contributed by atoms with van der Waals surface area (Å²) in [6.07, 6.45) is 0. The van der Waals surface area contributed by atoms with Crippen LogP contribution in [0.15, 0.2) is 29.4 Å². The summed E-state index contributed by atoms with van der Waals surface area (Å²) in [4.78, 5) is 0. The molecular formula is C10H12Cl2N2. The van der Waals surface area contributed by atoms with Crippen LogP contribution in [0.1, 0.15) is 19.4 Å². The lowest BCUT2D eigenvalue weighted by atomic mass is 9.86. The lowest BCUT2D eigenvalue weighted by Crippen LogP contribution is -2.25. The molecule has 1 aromatic rings. The van der Waals surface area contributed by atoms with Gasteiger partial charge in [0.2, 0.25) is 0 Å². The fourth-order valence-corrected chi connectivity index (χ4v) is 1.38. The first kappa shape index (κ1) is 11.3. The summed E-state index contributed by atoms with van der Waals surface area (Å²) >= 11 is 11.7. The van der Waals surface area contributed by atoms with Gasteiger partial charge in [-0.3, -0.25) is 0 Å². The molecule has 0 aliphatic rings. The summed E-state index contributed by atoms with van der Waals surface area (Å²) in [7, 11) is 0. The van der Waals surface area contributed by atoms with Crippen molar-refractivity contribution < 1.29 is 0 Å². The Morgan fingerprint density at radius 3 is 2.21 bits per heavy atom. The summed E-state index contributed by atoms with van der Waals surface area (Å²) in [5.41, 5.74) is 0.655. The van der Waals surface area contributed by atoms with E-state index < -0.39 is 0 Å². The second-order valence-corrected chi connectivity index (χ2v) is 4.35. The maximum Gasteiger partial charge on any atom is 0.135 e. The van der Waals surface area contributed by atoms with Crippen molar-refractivity contribution in [1.29, 1.82) is 0 Å². The van der Waals surface area contributed by atoms with Crippen LogP contribution < -0.4 is 5.84 Å². The first-order valence-corrected chi connectivity index (χ1v) is 4.94. The van der Waals surface area contributed by atoms with Gasteiger partial charge in [-0.05, 0) is 31.5 Å². The zero-order chi connectivity index (χ0) is 10.8. The van der Waals surface area contributed by atoms with Crippen molar-refractivity contribution in [3.8, 4) is 0 Å². The average molecular weight is 231 g/mol. The van der Waals surface area contributed by atoms with Crippen LogP contribution in [0.25, 0.3) is 0 Å². The summed E-state index contributed by atoms with van der Waals surface area (Å²) in [5.74, 6) is 5.16. The van der Waals surface area contributed by atoms with Gasteiger partial charge < -0.3 is 5.84 Å². The zero-order valence-corrected chi connectivity index (χ0v) is 9.60. The molecule has 0 saturated heterocycles. The fraction of sp³-hybridized carbons (Fsp3) is 0.300. The van der Waals surface area contributed by atoms with Crippen molar-refractivity contribution in [2.45, 2.75) is 19.3 Å². The Bertz CT molecular complexity index is 342. The lowest BCUT2D eigenvalue weighted by molar-refractivity contribution is 0.724. The van der Waals surface area contributed by atoms with Crippen molar-refractivity contribution in [3.63, 3.8) is 0 Å². The zero-order valence-electron chi connectivity index (χ0n) is 8.09. The molecule has 1 rings (SSSR count). The van der Waals surface area contributed by atoms with Gasteiger partial charge in [-0.15, -0.1) is 0 Å². The minimum absolute atomic E-state index is 0.374. The van der Waals surface area contributed by atoms with E-state index in [0.29, 0.717) is 10.2 Å².